The van der Waals surface area contributed by atoms with Crippen LogP contribution in [0.1, 0.15) is 39.4 Å². The molecule has 0 amide bonds. The molecule has 1 aliphatic heterocycles. The van der Waals surface area contributed by atoms with E-state index in [4.69, 9.17) is 4.43 Å². The molecule has 2 aliphatic carbocycles. The first-order valence-electron chi connectivity index (χ1n) is 14.8. The van der Waals surface area contributed by atoms with Crippen LogP contribution in [0.25, 0.3) is 5.57 Å². The molecule has 8 rings (SSSR count). The molecule has 0 unspecified atom stereocenters. The average Bonchev–Trinajstić information content (AvgIpc) is 3.09. The van der Waals surface area contributed by atoms with E-state index in [2.05, 4.69) is 90.1 Å². The van der Waals surface area contributed by atoms with Crippen molar-refractivity contribution in [2.75, 3.05) is 0 Å². The number of fused-ring (bicyclic) bond motifs is 5. The van der Waals surface area contributed by atoms with Crippen molar-refractivity contribution in [1.29, 1.82) is 0 Å². The van der Waals surface area contributed by atoms with E-state index < -0.39 is 14.2 Å². The molecule has 4 nitrogen and oxygen atoms in total. The molecule has 3 atom stereocenters. The van der Waals surface area contributed by atoms with Crippen molar-refractivity contribution in [2.24, 2.45) is 17.0 Å². The van der Waals surface area contributed by atoms with Crippen LogP contribution in [0.3, 0.4) is 0 Å². The van der Waals surface area contributed by atoms with Gasteiger partial charge in [0.05, 0.1) is 17.4 Å². The molecule has 0 radical (unpaired) electrons. The number of rotatable bonds is 3. The molecule has 0 spiro atoms. The third-order valence-electron chi connectivity index (χ3n) is 9.44. The maximum absolute atomic E-state index is 14.6. The molecular formula is C38H29NO3Si. The van der Waals surface area contributed by atoms with Crippen LogP contribution in [-0.2, 0) is 4.43 Å². The van der Waals surface area contributed by atoms with Crippen molar-refractivity contribution in [3.63, 3.8) is 0 Å². The zero-order valence-electron chi connectivity index (χ0n) is 23.4. The Morgan fingerprint density at radius 1 is 0.651 bits per heavy atom. The third kappa shape index (κ3) is 3.75. The molecular weight excluding hydrogens is 547 g/mol. The number of Topliss-reactive ketones (excluding diaryl/α,β-unsaturated/α-hetero) is 1. The molecule has 1 N–H and O–H groups in total. The van der Waals surface area contributed by atoms with Gasteiger partial charge in [-0.1, -0.05) is 145 Å². The molecule has 5 heteroatoms. The largest absolute Gasteiger partial charge is 0.533 e. The number of oxime groups is 1. The van der Waals surface area contributed by atoms with E-state index in [0.29, 0.717) is 23.3 Å². The number of hydrogen-bond donors (Lipinski definition) is 1. The van der Waals surface area contributed by atoms with Crippen molar-refractivity contribution in [3.8, 4) is 0 Å². The van der Waals surface area contributed by atoms with Crippen LogP contribution in [0.15, 0.2) is 150 Å². The highest BCUT2D eigenvalue weighted by atomic mass is 28.4. The van der Waals surface area contributed by atoms with E-state index in [1.54, 1.807) is 0 Å². The monoisotopic (exact) mass is 575 g/mol. The van der Waals surface area contributed by atoms with Gasteiger partial charge in [0, 0.05) is 35.0 Å². The number of benzene rings is 5. The molecule has 5 aromatic carbocycles. The zero-order valence-corrected chi connectivity index (χ0v) is 24.4. The van der Waals surface area contributed by atoms with Crippen LogP contribution in [0.2, 0.25) is 0 Å². The molecule has 3 aliphatic rings. The lowest BCUT2D eigenvalue weighted by molar-refractivity contribution is 0.0907. The van der Waals surface area contributed by atoms with Gasteiger partial charge in [0.2, 0.25) is 0 Å². The highest BCUT2D eigenvalue weighted by molar-refractivity contribution is 7.07. The summed E-state index contributed by atoms with van der Waals surface area (Å²) in [7, 11) is -3.02. The van der Waals surface area contributed by atoms with Crippen LogP contribution >= 0.6 is 0 Å². The number of ketones is 1. The van der Waals surface area contributed by atoms with Crippen LogP contribution < -0.4 is 15.6 Å². The van der Waals surface area contributed by atoms with E-state index in [1.807, 2.05) is 54.6 Å². The molecule has 43 heavy (non-hydrogen) atoms. The van der Waals surface area contributed by atoms with Gasteiger partial charge in [0.1, 0.15) is 0 Å². The normalized spacial score (nSPS) is 22.6. The third-order valence-corrected chi connectivity index (χ3v) is 13.5. The second-order valence-corrected chi connectivity index (χ2v) is 14.8. The SMILES string of the molecule is O=C1c2ccccc2/C(=N/O)[C@@H]2[C@H]1C1=C(C[C@@H]2c2ccccc2)O[Si](c2ccccc2)(c2ccccc2)c2ccccc21. The highest BCUT2D eigenvalue weighted by Crippen LogP contribution is 2.54. The van der Waals surface area contributed by atoms with Crippen molar-refractivity contribution in [1.82, 2.24) is 0 Å². The standard InChI is InChI=1S/C38H29NO3Si/c40-38-29-21-11-10-20-28(29)37(39-41)35-31(25-14-4-1-5-15-25)24-32-34(36(35)38)30-22-12-13-23-33(30)43(42-32,26-16-6-2-7-17-26)27-18-8-3-9-19-27/h1-23,31,35-36,41H,24H2/b39-37-/t31-,35+,36-/m1/s1. The number of carbonyl (C=O) groups is 1. The summed E-state index contributed by atoms with van der Waals surface area (Å²) in [6.07, 6.45) is 0.595. The minimum Gasteiger partial charge on any atom is -0.533 e. The average molecular weight is 576 g/mol. The van der Waals surface area contributed by atoms with Crippen LogP contribution in [-0.4, -0.2) is 25.0 Å². The lowest BCUT2D eigenvalue weighted by atomic mass is 9.59. The number of allylic oxidation sites excluding steroid dienone is 2. The van der Waals surface area contributed by atoms with Crippen molar-refractivity contribution >= 4 is 40.9 Å². The minimum atomic E-state index is -3.02. The zero-order chi connectivity index (χ0) is 29.0. The summed E-state index contributed by atoms with van der Waals surface area (Å²) >= 11 is 0. The Hall–Kier alpha value is -5.00. The second-order valence-electron chi connectivity index (χ2n) is 11.5. The Balaban J connectivity index is 1.44. The van der Waals surface area contributed by atoms with E-state index in [1.165, 1.54) is 0 Å². The van der Waals surface area contributed by atoms with Gasteiger partial charge in [0.25, 0.3) is 0 Å². The molecule has 5 aromatic rings. The van der Waals surface area contributed by atoms with Gasteiger partial charge in [-0.2, -0.15) is 0 Å². The van der Waals surface area contributed by atoms with E-state index in [0.717, 1.165) is 38.0 Å². The maximum Gasteiger partial charge on any atom is 0.347 e. The summed E-state index contributed by atoms with van der Waals surface area (Å²) in [6.45, 7) is 0. The highest BCUT2D eigenvalue weighted by Gasteiger charge is 2.56. The fourth-order valence-corrected chi connectivity index (χ4v) is 11.8. The predicted molar refractivity (Wildman–Crippen MR) is 172 cm³/mol. The maximum atomic E-state index is 14.6. The number of nitrogens with zero attached hydrogens (tertiary/aromatic N) is 1. The molecule has 0 fully saturated rings. The quantitative estimate of drug-likeness (QED) is 0.166. The summed E-state index contributed by atoms with van der Waals surface area (Å²) in [4.78, 5) is 14.6. The van der Waals surface area contributed by atoms with Crippen LogP contribution in [0.4, 0.5) is 0 Å². The summed E-state index contributed by atoms with van der Waals surface area (Å²) in [5.41, 5.74) is 4.97. The van der Waals surface area contributed by atoms with Gasteiger partial charge < -0.3 is 9.63 Å². The molecule has 0 saturated heterocycles. The predicted octanol–water partition coefficient (Wildman–Crippen LogP) is 5.89. The molecule has 1 heterocycles. The van der Waals surface area contributed by atoms with E-state index in [-0.39, 0.29) is 17.6 Å². The second kappa shape index (κ2) is 10.1. The van der Waals surface area contributed by atoms with Gasteiger partial charge in [-0.25, -0.2) is 0 Å². The first-order chi connectivity index (χ1) is 21.2. The summed E-state index contributed by atoms with van der Waals surface area (Å²) in [5.74, 6) is -0.0785. The Bertz CT molecular complexity index is 1880. The minimum absolute atomic E-state index is 0.0492. The Labute approximate surface area is 251 Å². The van der Waals surface area contributed by atoms with Crippen LogP contribution in [0.5, 0.6) is 0 Å². The van der Waals surface area contributed by atoms with Gasteiger partial charge >= 0.3 is 8.32 Å². The van der Waals surface area contributed by atoms with E-state index in [9.17, 15) is 10.0 Å². The first-order valence-corrected chi connectivity index (χ1v) is 16.7. The molecule has 0 aromatic heterocycles. The van der Waals surface area contributed by atoms with E-state index >= 15 is 0 Å². The Kier molecular flexibility index (Phi) is 6.02. The van der Waals surface area contributed by atoms with Gasteiger partial charge in [-0.15, -0.1) is 0 Å². The summed E-state index contributed by atoms with van der Waals surface area (Å²) in [6, 6.07) is 47.5. The summed E-state index contributed by atoms with van der Waals surface area (Å²) < 4.78 is 7.55. The molecule has 0 bridgehead atoms. The number of hydrogen-bond acceptors (Lipinski definition) is 4. The van der Waals surface area contributed by atoms with Crippen molar-refractivity contribution in [2.45, 2.75) is 12.3 Å². The fourth-order valence-electron chi connectivity index (χ4n) is 7.70. The fraction of sp³-hybridized carbons (Fsp3) is 0.105. The lowest BCUT2D eigenvalue weighted by Crippen LogP contribution is -2.71. The first kappa shape index (κ1) is 25.7. The summed E-state index contributed by atoms with van der Waals surface area (Å²) in [5, 5.41) is 17.9. The van der Waals surface area contributed by atoms with Gasteiger partial charge in [-0.3, -0.25) is 4.79 Å². The van der Waals surface area contributed by atoms with Gasteiger partial charge in [0.15, 0.2) is 5.78 Å². The van der Waals surface area contributed by atoms with Crippen LogP contribution in [0, 0.1) is 11.8 Å². The van der Waals surface area contributed by atoms with Gasteiger partial charge in [-0.05, 0) is 26.7 Å². The van der Waals surface area contributed by atoms with Crippen molar-refractivity contribution < 1.29 is 14.4 Å². The topological polar surface area (TPSA) is 58.9 Å². The van der Waals surface area contributed by atoms with Crippen molar-refractivity contribution in [3.05, 3.63) is 168 Å². The Morgan fingerprint density at radius 3 is 1.81 bits per heavy atom. The molecule has 208 valence electrons. The molecule has 0 saturated carbocycles. The smallest absolute Gasteiger partial charge is 0.347 e. The lowest BCUT2D eigenvalue weighted by Gasteiger charge is -2.49. The Morgan fingerprint density at radius 2 is 1.19 bits per heavy atom. The number of carbonyl (C=O) groups excluding carboxylic acids is 1.